The van der Waals surface area contributed by atoms with Gasteiger partial charge in [-0.15, -0.1) is 0 Å². The van der Waals surface area contributed by atoms with Crippen molar-refractivity contribution in [3.8, 4) is 0 Å². The quantitative estimate of drug-likeness (QED) is 0.900. The maximum atomic E-state index is 13.8. The Morgan fingerprint density at radius 2 is 2.25 bits per heavy atom. The summed E-state index contributed by atoms with van der Waals surface area (Å²) < 4.78 is 26.7. The number of hydrogen-bond acceptors (Lipinski definition) is 3. The lowest BCUT2D eigenvalue weighted by atomic mass is 9.97. The largest absolute Gasteiger partial charge is 0.354 e. The molecule has 0 radical (unpaired) electrons. The van der Waals surface area contributed by atoms with E-state index in [1.807, 2.05) is 4.90 Å². The minimum atomic E-state index is -0.626. The highest BCUT2D eigenvalue weighted by Crippen LogP contribution is 2.23. The molecule has 1 saturated heterocycles. The van der Waals surface area contributed by atoms with Crippen molar-refractivity contribution in [1.29, 1.82) is 0 Å². The summed E-state index contributed by atoms with van der Waals surface area (Å²) in [6.45, 7) is 7.87. The Morgan fingerprint density at radius 3 is 2.95 bits per heavy atom. The third kappa shape index (κ3) is 4.13. The maximum absolute atomic E-state index is 13.8. The molecular weight excluding hydrogens is 260 g/mol. The molecule has 20 heavy (non-hydrogen) atoms. The number of aromatic nitrogens is 1. The summed E-state index contributed by atoms with van der Waals surface area (Å²) in [5.74, 6) is 0.207. The number of nitrogens with one attached hydrogen (secondary N) is 1. The van der Waals surface area contributed by atoms with Gasteiger partial charge in [-0.05, 0) is 37.8 Å². The van der Waals surface area contributed by atoms with Crippen molar-refractivity contribution < 1.29 is 8.78 Å². The number of piperidine rings is 1. The zero-order valence-electron chi connectivity index (χ0n) is 12.2. The van der Waals surface area contributed by atoms with Crippen LogP contribution in [0.25, 0.3) is 0 Å². The van der Waals surface area contributed by atoms with Gasteiger partial charge in [-0.1, -0.05) is 13.8 Å². The molecule has 5 heteroatoms. The summed E-state index contributed by atoms with van der Waals surface area (Å²) in [4.78, 5) is 5.83. The van der Waals surface area contributed by atoms with E-state index >= 15 is 0 Å². The Balaban J connectivity index is 1.92. The van der Waals surface area contributed by atoms with Crippen molar-refractivity contribution in [2.45, 2.75) is 26.7 Å². The molecule has 112 valence electrons. The molecule has 0 saturated carbocycles. The zero-order chi connectivity index (χ0) is 14.5. The first-order valence-corrected chi connectivity index (χ1v) is 7.33. The van der Waals surface area contributed by atoms with Crippen molar-refractivity contribution in [2.75, 3.05) is 31.1 Å². The highest BCUT2D eigenvalue weighted by atomic mass is 19.1. The minimum Gasteiger partial charge on any atom is -0.354 e. The Hall–Kier alpha value is -1.23. The highest BCUT2D eigenvalue weighted by Gasteiger charge is 2.23. The van der Waals surface area contributed by atoms with Gasteiger partial charge in [0.05, 0.1) is 6.20 Å². The van der Waals surface area contributed by atoms with Crippen LogP contribution in [0.3, 0.4) is 0 Å². The molecule has 2 rings (SSSR count). The number of anilines is 1. The Bertz CT molecular complexity index is 437. The standard InChI is InChI=1S/C15H23F2N3/c1-11(2)7-18-8-12-4-3-5-20(10-12)15-14(17)6-13(16)9-19-15/h6,9,11-12,18H,3-5,7-8,10H2,1-2H3. The van der Waals surface area contributed by atoms with Gasteiger partial charge >= 0.3 is 0 Å². The van der Waals surface area contributed by atoms with Gasteiger partial charge in [-0.3, -0.25) is 0 Å². The SMILES string of the molecule is CC(C)CNCC1CCCN(c2ncc(F)cc2F)C1. The van der Waals surface area contributed by atoms with Crippen LogP contribution in [0.1, 0.15) is 26.7 Å². The van der Waals surface area contributed by atoms with E-state index in [-0.39, 0.29) is 5.82 Å². The number of pyridine rings is 1. The smallest absolute Gasteiger partial charge is 0.168 e. The fraction of sp³-hybridized carbons (Fsp3) is 0.667. The lowest BCUT2D eigenvalue weighted by Gasteiger charge is -2.34. The Morgan fingerprint density at radius 1 is 1.45 bits per heavy atom. The van der Waals surface area contributed by atoms with Crippen LogP contribution in [0.5, 0.6) is 0 Å². The molecule has 1 fully saturated rings. The first-order valence-electron chi connectivity index (χ1n) is 7.33. The van der Waals surface area contributed by atoms with Crippen molar-refractivity contribution in [2.24, 2.45) is 11.8 Å². The topological polar surface area (TPSA) is 28.2 Å². The predicted octanol–water partition coefficient (Wildman–Crippen LogP) is 2.82. The monoisotopic (exact) mass is 283 g/mol. The molecule has 0 bridgehead atoms. The average Bonchev–Trinajstić information content (AvgIpc) is 2.38. The molecule has 1 unspecified atom stereocenters. The van der Waals surface area contributed by atoms with Crippen LogP contribution in [-0.2, 0) is 0 Å². The molecule has 1 aromatic heterocycles. The Labute approximate surface area is 119 Å². The molecule has 2 heterocycles. The molecular formula is C15H23F2N3. The number of rotatable bonds is 5. The van der Waals surface area contributed by atoms with Crippen LogP contribution in [0.2, 0.25) is 0 Å². The lowest BCUT2D eigenvalue weighted by molar-refractivity contribution is 0.378. The summed E-state index contributed by atoms with van der Waals surface area (Å²) in [5, 5.41) is 3.45. The first kappa shape index (κ1) is 15.2. The third-order valence-corrected chi connectivity index (χ3v) is 3.59. The van der Waals surface area contributed by atoms with Crippen LogP contribution in [-0.4, -0.2) is 31.2 Å². The van der Waals surface area contributed by atoms with Crippen molar-refractivity contribution in [1.82, 2.24) is 10.3 Å². The van der Waals surface area contributed by atoms with Gasteiger partial charge < -0.3 is 10.2 Å². The second kappa shape index (κ2) is 6.97. The molecule has 0 spiro atoms. The van der Waals surface area contributed by atoms with Gasteiger partial charge in [0.2, 0.25) is 0 Å². The van der Waals surface area contributed by atoms with E-state index < -0.39 is 11.6 Å². The predicted molar refractivity (Wildman–Crippen MR) is 76.8 cm³/mol. The van der Waals surface area contributed by atoms with Gasteiger partial charge in [0.25, 0.3) is 0 Å². The Kier molecular flexibility index (Phi) is 5.29. The number of halogens is 2. The summed E-state index contributed by atoms with van der Waals surface area (Å²) >= 11 is 0. The highest BCUT2D eigenvalue weighted by molar-refractivity contribution is 5.40. The number of nitrogens with zero attached hydrogens (tertiary/aromatic N) is 2. The third-order valence-electron chi connectivity index (χ3n) is 3.59. The van der Waals surface area contributed by atoms with Crippen LogP contribution in [0.4, 0.5) is 14.6 Å². The summed E-state index contributed by atoms with van der Waals surface area (Å²) in [7, 11) is 0. The van der Waals surface area contributed by atoms with Crippen LogP contribution < -0.4 is 10.2 Å². The van der Waals surface area contributed by atoms with E-state index in [1.54, 1.807) is 0 Å². The number of hydrogen-bond donors (Lipinski definition) is 1. The molecule has 1 atom stereocenters. The summed E-state index contributed by atoms with van der Waals surface area (Å²) in [6.07, 6.45) is 3.25. The molecule has 0 aromatic carbocycles. The summed E-state index contributed by atoms with van der Waals surface area (Å²) in [6, 6.07) is 0.906. The molecule has 1 aliphatic rings. The summed E-state index contributed by atoms with van der Waals surface area (Å²) in [5.41, 5.74) is 0. The molecule has 1 aliphatic heterocycles. The van der Waals surface area contributed by atoms with Crippen molar-refractivity contribution in [3.63, 3.8) is 0 Å². The first-order chi connectivity index (χ1) is 9.56. The normalized spacial score (nSPS) is 19.6. The second-order valence-electron chi connectivity index (χ2n) is 5.97. The lowest BCUT2D eigenvalue weighted by Crippen LogP contribution is -2.41. The fourth-order valence-electron chi connectivity index (χ4n) is 2.64. The fourth-order valence-corrected chi connectivity index (χ4v) is 2.64. The maximum Gasteiger partial charge on any atom is 0.168 e. The molecule has 0 amide bonds. The molecule has 3 nitrogen and oxygen atoms in total. The van der Waals surface area contributed by atoms with Crippen LogP contribution >= 0.6 is 0 Å². The average molecular weight is 283 g/mol. The van der Waals surface area contributed by atoms with E-state index in [2.05, 4.69) is 24.1 Å². The van der Waals surface area contributed by atoms with E-state index in [0.717, 1.165) is 51.3 Å². The van der Waals surface area contributed by atoms with E-state index in [9.17, 15) is 8.78 Å². The zero-order valence-corrected chi connectivity index (χ0v) is 12.2. The van der Waals surface area contributed by atoms with Gasteiger partial charge in [0, 0.05) is 19.2 Å². The van der Waals surface area contributed by atoms with E-state index in [1.165, 1.54) is 0 Å². The minimum absolute atomic E-state index is 0.278. The van der Waals surface area contributed by atoms with Crippen LogP contribution in [0.15, 0.2) is 12.3 Å². The molecule has 1 N–H and O–H groups in total. The van der Waals surface area contributed by atoms with E-state index in [0.29, 0.717) is 11.8 Å². The molecule has 1 aromatic rings. The van der Waals surface area contributed by atoms with Crippen LogP contribution in [0, 0.1) is 23.5 Å². The van der Waals surface area contributed by atoms with Crippen molar-refractivity contribution >= 4 is 5.82 Å². The van der Waals surface area contributed by atoms with Gasteiger partial charge in [0.1, 0.15) is 5.82 Å². The van der Waals surface area contributed by atoms with Crippen molar-refractivity contribution in [3.05, 3.63) is 23.9 Å². The molecule has 0 aliphatic carbocycles. The van der Waals surface area contributed by atoms with Gasteiger partial charge in [0.15, 0.2) is 11.6 Å². The second-order valence-corrected chi connectivity index (χ2v) is 5.97. The van der Waals surface area contributed by atoms with E-state index in [4.69, 9.17) is 0 Å². The van der Waals surface area contributed by atoms with Gasteiger partial charge in [-0.25, -0.2) is 13.8 Å². The van der Waals surface area contributed by atoms with Gasteiger partial charge in [-0.2, -0.15) is 0 Å².